The number of aromatic carboxylic acids is 1. The molecule has 0 unspecified atom stereocenters. The third-order valence-corrected chi connectivity index (χ3v) is 8.12. The van der Waals surface area contributed by atoms with Crippen LogP contribution in [0.4, 0.5) is 39.3 Å². The summed E-state index contributed by atoms with van der Waals surface area (Å²) in [7, 11) is 1.62. The zero-order valence-electron chi connectivity index (χ0n) is 22.8. The number of hydrogen-bond donors (Lipinski definition) is 2. The van der Waals surface area contributed by atoms with Gasteiger partial charge in [0.25, 0.3) is 6.43 Å². The summed E-state index contributed by atoms with van der Waals surface area (Å²) in [6, 6.07) is 14.2. The van der Waals surface area contributed by atoms with E-state index in [-0.39, 0.29) is 47.2 Å². The Morgan fingerprint density at radius 2 is 1.84 bits per heavy atom. The van der Waals surface area contributed by atoms with Gasteiger partial charge in [-0.3, -0.25) is 9.69 Å². The van der Waals surface area contributed by atoms with Crippen molar-refractivity contribution in [3.05, 3.63) is 75.2 Å². The molecule has 1 aliphatic carbocycles. The van der Waals surface area contributed by atoms with E-state index in [0.29, 0.717) is 22.5 Å². The zero-order chi connectivity index (χ0) is 32.0. The van der Waals surface area contributed by atoms with Crippen molar-refractivity contribution >= 4 is 67.8 Å². The first kappa shape index (κ1) is 31.5. The number of halogens is 7. The highest BCUT2D eigenvalue weighted by Crippen LogP contribution is 2.57. The molecule has 232 valence electrons. The zero-order valence-corrected chi connectivity index (χ0v) is 25.1. The maximum absolute atomic E-state index is 13.4. The maximum Gasteiger partial charge on any atom is 0.403 e. The van der Waals surface area contributed by atoms with Crippen LogP contribution in [-0.2, 0) is 18.4 Å². The van der Waals surface area contributed by atoms with Crippen LogP contribution in [0.2, 0.25) is 5.02 Å². The molecular weight excluding hydrogens is 679 g/mol. The second kappa shape index (κ2) is 11.9. The highest BCUT2D eigenvalue weighted by Gasteiger charge is 2.68. The summed E-state index contributed by atoms with van der Waals surface area (Å²) >= 11 is 10.0. The predicted molar refractivity (Wildman–Crippen MR) is 156 cm³/mol. The number of aryl methyl sites for hydroxylation is 1. The van der Waals surface area contributed by atoms with Crippen molar-refractivity contribution in [2.45, 2.75) is 32.0 Å². The summed E-state index contributed by atoms with van der Waals surface area (Å²) in [5.74, 6) is -2.52. The van der Waals surface area contributed by atoms with Gasteiger partial charge >= 0.3 is 12.1 Å². The number of benzene rings is 3. The number of carbonyl (C=O) groups is 2. The van der Waals surface area contributed by atoms with Crippen molar-refractivity contribution in [3.63, 3.8) is 0 Å². The molecule has 1 fully saturated rings. The van der Waals surface area contributed by atoms with Crippen LogP contribution in [0.15, 0.2) is 59.1 Å². The molecule has 1 aromatic heterocycles. The van der Waals surface area contributed by atoms with Gasteiger partial charge in [0, 0.05) is 29.8 Å². The summed E-state index contributed by atoms with van der Waals surface area (Å²) in [6.07, 6.45) is -8.01. The number of carboxylic acid groups (broad SMARTS) is 1. The fourth-order valence-electron chi connectivity index (χ4n) is 4.75. The smallest absolute Gasteiger partial charge is 0.403 e. The number of fused-ring (bicyclic) bond motifs is 1. The third kappa shape index (κ3) is 6.05. The number of ether oxygens (including phenoxy) is 1. The van der Waals surface area contributed by atoms with Gasteiger partial charge in [-0.05, 0) is 60.9 Å². The first-order chi connectivity index (χ1) is 20.7. The average molecular weight is 702 g/mol. The summed E-state index contributed by atoms with van der Waals surface area (Å²) in [6.45, 7) is -1.21. The van der Waals surface area contributed by atoms with E-state index >= 15 is 0 Å². The Hall–Kier alpha value is -3.91. The molecule has 4 aromatic rings. The van der Waals surface area contributed by atoms with Crippen LogP contribution in [0.25, 0.3) is 11.0 Å². The van der Waals surface area contributed by atoms with Crippen LogP contribution in [0, 0.1) is 5.41 Å². The number of nitrogens with one attached hydrogen (secondary N) is 1. The predicted octanol–water partition coefficient (Wildman–Crippen LogP) is 7.76. The third-order valence-electron chi connectivity index (χ3n) is 7.27. The highest BCUT2D eigenvalue weighted by atomic mass is 79.9. The SMILES string of the molecule is Cn1c(N(c2ccc(Br)cc2)c2cc(CNC(=O)C3(C(F)(F)F)CC3)ccc2Cl)nc2cc(C(=O)O)c(OCC(F)F)cc21. The van der Waals surface area contributed by atoms with Crippen molar-refractivity contribution in [2.24, 2.45) is 12.5 Å². The monoisotopic (exact) mass is 700 g/mol. The van der Waals surface area contributed by atoms with Gasteiger partial charge in [0.2, 0.25) is 11.9 Å². The molecule has 0 atom stereocenters. The quantitative estimate of drug-likeness (QED) is 0.164. The topological polar surface area (TPSA) is 96.7 Å². The number of carbonyl (C=O) groups excluding carboxylic acids is 1. The van der Waals surface area contributed by atoms with E-state index in [2.05, 4.69) is 26.2 Å². The lowest BCUT2D eigenvalue weighted by molar-refractivity contribution is -0.192. The average Bonchev–Trinajstić information content (AvgIpc) is 3.73. The largest absolute Gasteiger partial charge is 0.487 e. The molecule has 15 heteroatoms. The lowest BCUT2D eigenvalue weighted by atomic mass is 10.1. The Bertz CT molecular complexity index is 1740. The van der Waals surface area contributed by atoms with Crippen LogP contribution in [0.5, 0.6) is 5.75 Å². The van der Waals surface area contributed by atoms with Gasteiger partial charge in [-0.15, -0.1) is 0 Å². The van der Waals surface area contributed by atoms with E-state index < -0.39 is 36.5 Å². The van der Waals surface area contributed by atoms with Crippen molar-refractivity contribution in [1.29, 1.82) is 0 Å². The minimum absolute atomic E-state index is 0.204. The second-order valence-electron chi connectivity index (χ2n) is 10.2. The molecule has 8 nitrogen and oxygen atoms in total. The first-order valence-electron chi connectivity index (χ1n) is 13.1. The summed E-state index contributed by atoms with van der Waals surface area (Å²) in [4.78, 5) is 30.6. The normalized spacial score (nSPS) is 14.1. The summed E-state index contributed by atoms with van der Waals surface area (Å²) in [5.41, 5.74) is -0.801. The van der Waals surface area contributed by atoms with E-state index in [1.807, 2.05) is 0 Å². The Kier molecular flexibility index (Phi) is 8.51. The number of anilines is 3. The molecule has 2 N–H and O–H groups in total. The van der Waals surface area contributed by atoms with Crippen LogP contribution < -0.4 is 15.0 Å². The molecule has 0 radical (unpaired) electrons. The van der Waals surface area contributed by atoms with Gasteiger partial charge in [-0.2, -0.15) is 13.2 Å². The van der Waals surface area contributed by atoms with E-state index in [1.54, 1.807) is 52.9 Å². The van der Waals surface area contributed by atoms with Crippen LogP contribution >= 0.6 is 27.5 Å². The Morgan fingerprint density at radius 3 is 2.43 bits per heavy atom. The van der Waals surface area contributed by atoms with Crippen molar-refractivity contribution in [3.8, 4) is 5.75 Å². The van der Waals surface area contributed by atoms with E-state index in [0.717, 1.165) is 4.47 Å². The summed E-state index contributed by atoms with van der Waals surface area (Å²) < 4.78 is 73.4. The van der Waals surface area contributed by atoms with Crippen molar-refractivity contribution < 1.29 is 41.4 Å². The number of nitrogens with zero attached hydrogens (tertiary/aromatic N) is 3. The maximum atomic E-state index is 13.4. The molecule has 0 saturated heterocycles. The molecule has 0 bridgehead atoms. The molecule has 1 aliphatic rings. The van der Waals surface area contributed by atoms with E-state index in [4.69, 9.17) is 16.3 Å². The fourth-order valence-corrected chi connectivity index (χ4v) is 5.22. The fraction of sp³-hybridized carbons (Fsp3) is 0.276. The van der Waals surface area contributed by atoms with Gasteiger partial charge in [-0.25, -0.2) is 18.6 Å². The Morgan fingerprint density at radius 1 is 1.16 bits per heavy atom. The first-order valence-corrected chi connectivity index (χ1v) is 14.2. The number of amides is 1. The number of imidazole rings is 1. The van der Waals surface area contributed by atoms with Gasteiger partial charge in [0.15, 0.2) is 0 Å². The molecule has 5 rings (SSSR count). The van der Waals surface area contributed by atoms with Gasteiger partial charge < -0.3 is 19.7 Å². The molecule has 3 aromatic carbocycles. The minimum Gasteiger partial charge on any atom is -0.487 e. The molecule has 1 heterocycles. The van der Waals surface area contributed by atoms with Gasteiger partial charge in [-0.1, -0.05) is 33.6 Å². The minimum atomic E-state index is -4.65. The number of hydrogen-bond acceptors (Lipinski definition) is 5. The van der Waals surface area contributed by atoms with Gasteiger partial charge in [0.05, 0.1) is 21.7 Å². The highest BCUT2D eigenvalue weighted by molar-refractivity contribution is 9.10. The lowest BCUT2D eigenvalue weighted by Crippen LogP contribution is -2.40. The molecule has 1 saturated carbocycles. The molecule has 44 heavy (non-hydrogen) atoms. The lowest BCUT2D eigenvalue weighted by Gasteiger charge is -2.26. The van der Waals surface area contributed by atoms with E-state index in [1.165, 1.54) is 18.2 Å². The number of alkyl halides is 5. The standard InChI is InChI=1S/C29H23BrClF5N4O4/c1-39-22-12-23(44-14-24(32)33)18(25(41)42)11-20(22)38-27(39)40(17-5-3-16(30)4-6-17)21-10-15(2-7-19(21)31)13-37-26(43)28(8-9-28)29(34,35)36/h2-7,10-12,24H,8-9,13-14H2,1H3,(H,37,43)(H,41,42). The summed E-state index contributed by atoms with van der Waals surface area (Å²) in [5, 5.41) is 12.3. The van der Waals surface area contributed by atoms with Crippen LogP contribution in [-0.4, -0.2) is 45.7 Å². The van der Waals surface area contributed by atoms with E-state index in [9.17, 15) is 36.6 Å². The molecule has 1 amide bonds. The number of rotatable bonds is 10. The van der Waals surface area contributed by atoms with Crippen molar-refractivity contribution in [1.82, 2.24) is 14.9 Å². The van der Waals surface area contributed by atoms with Gasteiger partial charge in [0.1, 0.15) is 23.3 Å². The Balaban J connectivity index is 1.58. The Labute approximate surface area is 260 Å². The number of aromatic nitrogens is 2. The number of carboxylic acids is 1. The van der Waals surface area contributed by atoms with Crippen LogP contribution in [0.1, 0.15) is 28.8 Å². The second-order valence-corrected chi connectivity index (χ2v) is 11.5. The van der Waals surface area contributed by atoms with Crippen molar-refractivity contribution in [2.75, 3.05) is 11.5 Å². The molecule has 0 spiro atoms. The molecule has 0 aliphatic heterocycles. The van der Waals surface area contributed by atoms with Crippen LogP contribution in [0.3, 0.4) is 0 Å². The molecular formula is C29H23BrClF5N4O4.